The Labute approximate surface area is 120 Å². The van der Waals surface area contributed by atoms with Crippen LogP contribution in [0.4, 0.5) is 4.79 Å². The molecule has 0 aromatic carbocycles. The summed E-state index contributed by atoms with van der Waals surface area (Å²) in [5.41, 5.74) is -0.605. The van der Waals surface area contributed by atoms with Gasteiger partial charge in [-0.15, -0.1) is 0 Å². The van der Waals surface area contributed by atoms with Crippen LogP contribution in [0, 0.1) is 5.92 Å². The van der Waals surface area contributed by atoms with Crippen LogP contribution < -0.4 is 5.32 Å². The van der Waals surface area contributed by atoms with E-state index < -0.39 is 23.7 Å². The van der Waals surface area contributed by atoms with E-state index in [0.717, 1.165) is 12.8 Å². The van der Waals surface area contributed by atoms with E-state index >= 15 is 0 Å². The van der Waals surface area contributed by atoms with Crippen molar-refractivity contribution in [3.63, 3.8) is 0 Å². The summed E-state index contributed by atoms with van der Waals surface area (Å²) in [6.07, 6.45) is 1.08. The molecular formula is C14H25NO5. The lowest BCUT2D eigenvalue weighted by Crippen LogP contribution is -2.50. The third kappa shape index (κ3) is 5.77. The zero-order valence-corrected chi connectivity index (χ0v) is 12.7. The van der Waals surface area contributed by atoms with Crippen molar-refractivity contribution >= 4 is 12.1 Å². The van der Waals surface area contributed by atoms with Crippen LogP contribution in [0.3, 0.4) is 0 Å². The zero-order chi connectivity index (χ0) is 15.2. The van der Waals surface area contributed by atoms with E-state index in [4.69, 9.17) is 14.2 Å². The Hall–Kier alpha value is -1.30. The fourth-order valence-corrected chi connectivity index (χ4v) is 2.06. The number of ether oxygens (including phenoxy) is 3. The summed E-state index contributed by atoms with van der Waals surface area (Å²) in [6, 6.07) is -0.718. The summed E-state index contributed by atoms with van der Waals surface area (Å²) in [4.78, 5) is 23.8. The molecule has 0 aromatic heterocycles. The van der Waals surface area contributed by atoms with Crippen LogP contribution in [0.5, 0.6) is 0 Å². The van der Waals surface area contributed by atoms with Gasteiger partial charge in [0.05, 0.1) is 13.2 Å². The van der Waals surface area contributed by atoms with Crippen molar-refractivity contribution in [3.05, 3.63) is 0 Å². The molecule has 0 aromatic rings. The molecule has 0 saturated carbocycles. The first-order chi connectivity index (χ1) is 9.33. The number of alkyl carbamates (subject to hydrolysis) is 1. The number of carbonyl (C=O) groups excluding carboxylic acids is 2. The Kier molecular flexibility index (Phi) is 6.26. The number of amides is 1. The van der Waals surface area contributed by atoms with E-state index in [1.165, 1.54) is 0 Å². The molecule has 2 unspecified atom stereocenters. The monoisotopic (exact) mass is 287 g/mol. The van der Waals surface area contributed by atoms with E-state index in [1.54, 1.807) is 27.7 Å². The van der Waals surface area contributed by atoms with Crippen molar-refractivity contribution in [1.82, 2.24) is 5.32 Å². The van der Waals surface area contributed by atoms with Gasteiger partial charge in [0.25, 0.3) is 0 Å². The third-order valence-corrected chi connectivity index (χ3v) is 2.88. The van der Waals surface area contributed by atoms with Gasteiger partial charge in [-0.1, -0.05) is 0 Å². The second-order valence-corrected chi connectivity index (χ2v) is 5.85. The minimum atomic E-state index is -0.718. The molecule has 116 valence electrons. The highest BCUT2D eigenvalue weighted by Gasteiger charge is 2.33. The highest BCUT2D eigenvalue weighted by Crippen LogP contribution is 2.19. The maximum Gasteiger partial charge on any atom is 0.408 e. The standard InChI is InChI=1S/C14H25NO5/c1-5-19-12(16)11(10-7-6-8-18-9-10)15-13(17)20-14(2,3)4/h10-11H,5-9H2,1-4H3,(H,15,17). The second-order valence-electron chi connectivity index (χ2n) is 5.85. The Morgan fingerprint density at radius 2 is 2.10 bits per heavy atom. The Morgan fingerprint density at radius 3 is 2.60 bits per heavy atom. The summed E-state index contributed by atoms with van der Waals surface area (Å²) < 4.78 is 15.6. The van der Waals surface area contributed by atoms with Crippen LogP contribution in [0.1, 0.15) is 40.5 Å². The molecule has 1 saturated heterocycles. The first-order valence-electron chi connectivity index (χ1n) is 7.07. The molecule has 1 amide bonds. The van der Waals surface area contributed by atoms with E-state index in [1.807, 2.05) is 0 Å². The topological polar surface area (TPSA) is 73.9 Å². The molecule has 1 aliphatic rings. The van der Waals surface area contributed by atoms with E-state index in [9.17, 15) is 9.59 Å². The van der Waals surface area contributed by atoms with Crippen LogP contribution in [0.25, 0.3) is 0 Å². The Morgan fingerprint density at radius 1 is 1.40 bits per heavy atom. The Bertz CT molecular complexity index is 331. The zero-order valence-electron chi connectivity index (χ0n) is 12.7. The average molecular weight is 287 g/mol. The molecule has 1 aliphatic heterocycles. The summed E-state index contributed by atoms with van der Waals surface area (Å²) in [5, 5.41) is 2.61. The van der Waals surface area contributed by atoms with Gasteiger partial charge in [-0.3, -0.25) is 0 Å². The van der Waals surface area contributed by atoms with Crippen LogP contribution >= 0.6 is 0 Å². The van der Waals surface area contributed by atoms with Crippen LogP contribution in [-0.2, 0) is 19.0 Å². The first-order valence-corrected chi connectivity index (χ1v) is 7.07. The van der Waals surface area contributed by atoms with Crippen molar-refractivity contribution in [3.8, 4) is 0 Å². The molecule has 0 radical (unpaired) electrons. The van der Waals surface area contributed by atoms with Crippen molar-refractivity contribution < 1.29 is 23.8 Å². The molecule has 0 aliphatic carbocycles. The van der Waals surface area contributed by atoms with Gasteiger partial charge in [-0.25, -0.2) is 9.59 Å². The van der Waals surface area contributed by atoms with Gasteiger partial charge in [0.2, 0.25) is 0 Å². The highest BCUT2D eigenvalue weighted by atomic mass is 16.6. The predicted molar refractivity (Wildman–Crippen MR) is 73.3 cm³/mol. The third-order valence-electron chi connectivity index (χ3n) is 2.88. The number of nitrogens with one attached hydrogen (secondary N) is 1. The van der Waals surface area contributed by atoms with E-state index in [-0.39, 0.29) is 12.5 Å². The van der Waals surface area contributed by atoms with E-state index in [0.29, 0.717) is 13.2 Å². The van der Waals surface area contributed by atoms with Gasteiger partial charge >= 0.3 is 12.1 Å². The molecule has 1 heterocycles. The summed E-state index contributed by atoms with van der Waals surface area (Å²) in [5.74, 6) is -0.510. The van der Waals surface area contributed by atoms with Gasteiger partial charge in [0.15, 0.2) is 0 Å². The van der Waals surface area contributed by atoms with Gasteiger partial charge in [-0.2, -0.15) is 0 Å². The number of esters is 1. The largest absolute Gasteiger partial charge is 0.464 e. The predicted octanol–water partition coefficient (Wildman–Crippen LogP) is 1.87. The molecular weight excluding hydrogens is 262 g/mol. The molecule has 1 N–H and O–H groups in total. The number of rotatable bonds is 4. The SMILES string of the molecule is CCOC(=O)C(NC(=O)OC(C)(C)C)C1CCCOC1. The Balaban J connectivity index is 2.66. The summed E-state index contributed by atoms with van der Waals surface area (Å²) in [6.45, 7) is 8.47. The lowest BCUT2D eigenvalue weighted by Gasteiger charge is -2.30. The number of carbonyl (C=O) groups is 2. The van der Waals surface area contributed by atoms with Gasteiger partial charge < -0.3 is 19.5 Å². The minimum Gasteiger partial charge on any atom is -0.464 e. The molecule has 0 spiro atoms. The second kappa shape index (κ2) is 7.47. The minimum absolute atomic E-state index is 0.0738. The molecule has 6 heteroatoms. The highest BCUT2D eigenvalue weighted by molar-refractivity contribution is 5.81. The smallest absolute Gasteiger partial charge is 0.408 e. The lowest BCUT2D eigenvalue weighted by molar-refractivity contribution is -0.148. The fraction of sp³-hybridized carbons (Fsp3) is 0.857. The molecule has 0 bridgehead atoms. The summed E-state index contributed by atoms with van der Waals surface area (Å²) >= 11 is 0. The lowest BCUT2D eigenvalue weighted by atomic mass is 9.94. The van der Waals surface area contributed by atoms with Crippen LogP contribution in [0.2, 0.25) is 0 Å². The van der Waals surface area contributed by atoms with Gasteiger partial charge in [0.1, 0.15) is 11.6 Å². The molecule has 1 fully saturated rings. The molecule has 2 atom stereocenters. The van der Waals surface area contributed by atoms with Gasteiger partial charge in [-0.05, 0) is 40.5 Å². The van der Waals surface area contributed by atoms with Crippen molar-refractivity contribution in [2.75, 3.05) is 19.8 Å². The average Bonchev–Trinajstić information content (AvgIpc) is 2.35. The maximum atomic E-state index is 12.0. The van der Waals surface area contributed by atoms with Crippen molar-refractivity contribution in [2.45, 2.75) is 52.2 Å². The van der Waals surface area contributed by atoms with Gasteiger partial charge in [0, 0.05) is 12.5 Å². The van der Waals surface area contributed by atoms with Crippen LogP contribution in [0.15, 0.2) is 0 Å². The quantitative estimate of drug-likeness (QED) is 0.799. The van der Waals surface area contributed by atoms with Crippen molar-refractivity contribution in [1.29, 1.82) is 0 Å². The maximum absolute atomic E-state index is 12.0. The number of hydrogen-bond acceptors (Lipinski definition) is 5. The fourth-order valence-electron chi connectivity index (χ4n) is 2.06. The van der Waals surface area contributed by atoms with E-state index in [2.05, 4.69) is 5.32 Å². The molecule has 20 heavy (non-hydrogen) atoms. The molecule has 6 nitrogen and oxygen atoms in total. The normalized spacial score (nSPS) is 20.9. The number of hydrogen-bond donors (Lipinski definition) is 1. The first kappa shape index (κ1) is 16.8. The summed E-state index contributed by atoms with van der Waals surface area (Å²) in [7, 11) is 0. The van der Waals surface area contributed by atoms with Crippen LogP contribution in [-0.4, -0.2) is 43.5 Å². The molecule has 1 rings (SSSR count). The van der Waals surface area contributed by atoms with Crippen molar-refractivity contribution in [2.24, 2.45) is 5.92 Å².